The lowest BCUT2D eigenvalue weighted by molar-refractivity contribution is 0.184. The van der Waals surface area contributed by atoms with E-state index in [1.807, 2.05) is 13.8 Å². The first-order valence-electron chi connectivity index (χ1n) is 4.83. The summed E-state index contributed by atoms with van der Waals surface area (Å²) in [6, 6.07) is 4.05. The molecule has 1 aromatic rings. The minimum absolute atomic E-state index is 0.0525. The van der Waals surface area contributed by atoms with Gasteiger partial charge in [-0.05, 0) is 26.0 Å². The average molecular weight is 214 g/mol. The van der Waals surface area contributed by atoms with Crippen LogP contribution >= 0.6 is 0 Å². The first-order chi connectivity index (χ1) is 7.13. The SMILES string of the molecule is CC(C)Oc1cc(F)ccc1OCCO. The van der Waals surface area contributed by atoms with E-state index in [4.69, 9.17) is 14.6 Å². The van der Waals surface area contributed by atoms with E-state index >= 15 is 0 Å². The van der Waals surface area contributed by atoms with E-state index in [9.17, 15) is 4.39 Å². The Morgan fingerprint density at radius 2 is 2.07 bits per heavy atom. The monoisotopic (exact) mass is 214 g/mol. The van der Waals surface area contributed by atoms with Crippen molar-refractivity contribution >= 4 is 0 Å². The molecule has 4 heteroatoms. The molecule has 0 heterocycles. The maximum atomic E-state index is 12.9. The van der Waals surface area contributed by atoms with Gasteiger partial charge in [-0.25, -0.2) is 4.39 Å². The number of halogens is 1. The topological polar surface area (TPSA) is 38.7 Å². The maximum absolute atomic E-state index is 12.9. The van der Waals surface area contributed by atoms with Crippen LogP contribution in [0.4, 0.5) is 4.39 Å². The summed E-state index contributed by atoms with van der Waals surface area (Å²) in [6.45, 7) is 3.78. The second-order valence-corrected chi connectivity index (χ2v) is 3.33. The summed E-state index contributed by atoms with van der Waals surface area (Å²) in [6.07, 6.45) is -0.0525. The van der Waals surface area contributed by atoms with E-state index in [2.05, 4.69) is 0 Å². The molecule has 0 aromatic heterocycles. The number of benzene rings is 1. The van der Waals surface area contributed by atoms with Crippen LogP contribution in [0.15, 0.2) is 18.2 Å². The second kappa shape index (κ2) is 5.56. The number of aliphatic hydroxyl groups excluding tert-OH is 1. The van der Waals surface area contributed by atoms with Crippen molar-refractivity contribution in [1.29, 1.82) is 0 Å². The van der Waals surface area contributed by atoms with Crippen LogP contribution in [0, 0.1) is 5.82 Å². The molecule has 1 N–H and O–H groups in total. The van der Waals surface area contributed by atoms with Gasteiger partial charge in [-0.2, -0.15) is 0 Å². The van der Waals surface area contributed by atoms with Crippen LogP contribution in [-0.4, -0.2) is 24.4 Å². The summed E-state index contributed by atoms with van der Waals surface area (Å²) in [5.74, 6) is 0.430. The van der Waals surface area contributed by atoms with Gasteiger partial charge in [0.2, 0.25) is 0 Å². The van der Waals surface area contributed by atoms with Crippen molar-refractivity contribution in [2.75, 3.05) is 13.2 Å². The molecule has 0 saturated heterocycles. The smallest absolute Gasteiger partial charge is 0.164 e. The molecular weight excluding hydrogens is 199 g/mol. The number of hydrogen-bond acceptors (Lipinski definition) is 3. The van der Waals surface area contributed by atoms with Crippen LogP contribution in [0.5, 0.6) is 11.5 Å². The van der Waals surface area contributed by atoms with E-state index in [0.717, 1.165) is 0 Å². The summed E-state index contributed by atoms with van der Waals surface area (Å²) in [7, 11) is 0. The molecule has 1 aromatic carbocycles. The molecule has 0 aliphatic heterocycles. The Hall–Kier alpha value is -1.29. The van der Waals surface area contributed by atoms with Crippen LogP contribution in [-0.2, 0) is 0 Å². The van der Waals surface area contributed by atoms with Gasteiger partial charge in [-0.1, -0.05) is 0 Å². The van der Waals surface area contributed by atoms with Crippen molar-refractivity contribution in [1.82, 2.24) is 0 Å². The molecule has 0 spiro atoms. The predicted octanol–water partition coefficient (Wildman–Crippen LogP) is 1.98. The van der Waals surface area contributed by atoms with Gasteiger partial charge in [0.05, 0.1) is 12.7 Å². The molecule has 0 amide bonds. The summed E-state index contributed by atoms with van der Waals surface area (Å²) in [5.41, 5.74) is 0. The average Bonchev–Trinajstić information content (AvgIpc) is 2.16. The van der Waals surface area contributed by atoms with Crippen molar-refractivity contribution < 1.29 is 19.0 Å². The second-order valence-electron chi connectivity index (χ2n) is 3.33. The van der Waals surface area contributed by atoms with Gasteiger partial charge in [-0.15, -0.1) is 0 Å². The maximum Gasteiger partial charge on any atom is 0.164 e. The third-order valence-electron chi connectivity index (χ3n) is 1.62. The fraction of sp³-hybridized carbons (Fsp3) is 0.455. The zero-order valence-corrected chi connectivity index (χ0v) is 8.87. The lowest BCUT2D eigenvalue weighted by Gasteiger charge is -2.14. The highest BCUT2D eigenvalue weighted by Gasteiger charge is 2.08. The van der Waals surface area contributed by atoms with Gasteiger partial charge in [0, 0.05) is 6.07 Å². The first kappa shape index (κ1) is 11.8. The fourth-order valence-corrected chi connectivity index (χ4v) is 1.10. The quantitative estimate of drug-likeness (QED) is 0.814. The fourth-order valence-electron chi connectivity index (χ4n) is 1.10. The third kappa shape index (κ3) is 3.75. The number of rotatable bonds is 5. The molecule has 0 atom stereocenters. The Morgan fingerprint density at radius 3 is 2.67 bits per heavy atom. The highest BCUT2D eigenvalue weighted by atomic mass is 19.1. The molecule has 0 bridgehead atoms. The minimum atomic E-state index is -0.373. The first-order valence-corrected chi connectivity index (χ1v) is 4.83. The van der Waals surface area contributed by atoms with Crippen molar-refractivity contribution in [3.8, 4) is 11.5 Å². The Balaban J connectivity index is 2.82. The molecule has 0 aliphatic rings. The summed E-state index contributed by atoms with van der Waals surface area (Å²) in [5, 5.41) is 8.62. The van der Waals surface area contributed by atoms with E-state index in [1.54, 1.807) is 0 Å². The largest absolute Gasteiger partial charge is 0.487 e. The molecule has 1 rings (SSSR count). The van der Waals surface area contributed by atoms with Crippen molar-refractivity contribution in [2.45, 2.75) is 20.0 Å². The van der Waals surface area contributed by atoms with Crippen LogP contribution in [0.1, 0.15) is 13.8 Å². The normalized spacial score (nSPS) is 10.5. The van der Waals surface area contributed by atoms with Gasteiger partial charge < -0.3 is 14.6 Å². The Morgan fingerprint density at radius 1 is 1.33 bits per heavy atom. The molecule has 0 fully saturated rings. The Bertz CT molecular complexity index is 313. The van der Waals surface area contributed by atoms with E-state index in [-0.39, 0.29) is 25.1 Å². The van der Waals surface area contributed by atoms with Crippen LogP contribution in [0.3, 0.4) is 0 Å². The van der Waals surface area contributed by atoms with Crippen molar-refractivity contribution in [2.24, 2.45) is 0 Å². The molecule has 0 radical (unpaired) electrons. The van der Waals surface area contributed by atoms with Gasteiger partial charge in [0.25, 0.3) is 0 Å². The molecular formula is C11H15FO3. The number of hydrogen-bond donors (Lipinski definition) is 1. The number of aliphatic hydroxyl groups is 1. The minimum Gasteiger partial charge on any atom is -0.487 e. The lowest BCUT2D eigenvalue weighted by Crippen LogP contribution is -2.09. The summed E-state index contributed by atoms with van der Waals surface area (Å²) >= 11 is 0. The summed E-state index contributed by atoms with van der Waals surface area (Å²) in [4.78, 5) is 0. The van der Waals surface area contributed by atoms with Crippen LogP contribution < -0.4 is 9.47 Å². The van der Waals surface area contributed by atoms with Gasteiger partial charge in [0.15, 0.2) is 11.5 Å². The Kier molecular flexibility index (Phi) is 4.37. The van der Waals surface area contributed by atoms with E-state index in [0.29, 0.717) is 11.5 Å². The number of ether oxygens (including phenoxy) is 2. The van der Waals surface area contributed by atoms with Crippen molar-refractivity contribution in [3.05, 3.63) is 24.0 Å². The zero-order chi connectivity index (χ0) is 11.3. The standard InChI is InChI=1S/C11H15FO3/c1-8(2)15-11-7-9(12)3-4-10(11)14-6-5-13/h3-4,7-8,13H,5-6H2,1-2H3. The lowest BCUT2D eigenvalue weighted by atomic mass is 10.3. The van der Waals surface area contributed by atoms with Gasteiger partial charge >= 0.3 is 0 Å². The van der Waals surface area contributed by atoms with E-state index < -0.39 is 0 Å². The molecule has 0 saturated carbocycles. The predicted molar refractivity (Wildman–Crippen MR) is 54.7 cm³/mol. The van der Waals surface area contributed by atoms with Gasteiger partial charge in [0.1, 0.15) is 12.4 Å². The highest BCUT2D eigenvalue weighted by Crippen LogP contribution is 2.28. The van der Waals surface area contributed by atoms with Crippen LogP contribution in [0.2, 0.25) is 0 Å². The molecule has 15 heavy (non-hydrogen) atoms. The highest BCUT2D eigenvalue weighted by molar-refractivity contribution is 5.40. The molecule has 3 nitrogen and oxygen atoms in total. The van der Waals surface area contributed by atoms with Crippen molar-refractivity contribution in [3.63, 3.8) is 0 Å². The van der Waals surface area contributed by atoms with Crippen LogP contribution in [0.25, 0.3) is 0 Å². The third-order valence-corrected chi connectivity index (χ3v) is 1.62. The zero-order valence-electron chi connectivity index (χ0n) is 8.87. The van der Waals surface area contributed by atoms with Gasteiger partial charge in [-0.3, -0.25) is 0 Å². The summed E-state index contributed by atoms with van der Waals surface area (Å²) < 4.78 is 23.5. The molecule has 0 unspecified atom stereocenters. The van der Waals surface area contributed by atoms with E-state index in [1.165, 1.54) is 18.2 Å². The molecule has 0 aliphatic carbocycles. The molecule has 84 valence electrons. The Labute approximate surface area is 88.4 Å².